The van der Waals surface area contributed by atoms with Crippen molar-refractivity contribution in [1.82, 2.24) is 30.2 Å². The minimum atomic E-state index is 0.423. The molecule has 0 spiro atoms. The molecule has 1 atom stereocenters. The van der Waals surface area contributed by atoms with Crippen LogP contribution >= 0.6 is 0 Å². The first-order chi connectivity index (χ1) is 14.4. The van der Waals surface area contributed by atoms with Gasteiger partial charge in [0.1, 0.15) is 5.82 Å². The van der Waals surface area contributed by atoms with Crippen molar-refractivity contribution in [3.05, 3.63) is 77.9 Å². The van der Waals surface area contributed by atoms with E-state index in [1.807, 2.05) is 43.0 Å². The number of imidazole rings is 1. The largest absolute Gasteiger partial charge is 0.328 e. The van der Waals surface area contributed by atoms with Crippen LogP contribution in [-0.2, 0) is 19.5 Å². The molecule has 6 heteroatoms. The van der Waals surface area contributed by atoms with Crippen LogP contribution in [0.5, 0.6) is 0 Å². The van der Waals surface area contributed by atoms with Crippen molar-refractivity contribution < 1.29 is 0 Å². The van der Waals surface area contributed by atoms with Crippen LogP contribution in [0.4, 0.5) is 0 Å². The normalized spacial score (nSPS) is 15.9. The van der Waals surface area contributed by atoms with E-state index >= 15 is 0 Å². The molecule has 152 valence electrons. The Bertz CT molecular complexity index is 876. The highest BCUT2D eigenvalue weighted by atomic mass is 15.1. The molecule has 1 aliphatic carbocycles. The lowest BCUT2D eigenvalue weighted by molar-refractivity contribution is 0.439. The fraction of sp³-hybridized carbons (Fsp3) is 0.435. The lowest BCUT2D eigenvalue weighted by Crippen LogP contribution is -2.27. The van der Waals surface area contributed by atoms with Gasteiger partial charge in [0.2, 0.25) is 0 Å². The van der Waals surface area contributed by atoms with Gasteiger partial charge in [0, 0.05) is 30.8 Å². The molecule has 0 aliphatic heterocycles. The Labute approximate surface area is 172 Å². The Kier molecular flexibility index (Phi) is 6.99. The molecule has 3 aromatic rings. The molecule has 3 aromatic heterocycles. The highest BCUT2D eigenvalue weighted by molar-refractivity contribution is 5.25. The second-order valence-electron chi connectivity index (χ2n) is 7.62. The van der Waals surface area contributed by atoms with E-state index in [2.05, 4.69) is 42.3 Å². The number of hydrogen-bond acceptors (Lipinski definition) is 5. The van der Waals surface area contributed by atoms with Gasteiger partial charge in [-0.15, -0.1) is 0 Å². The first-order valence-corrected chi connectivity index (χ1v) is 10.7. The number of aromatic nitrogens is 4. The van der Waals surface area contributed by atoms with Gasteiger partial charge in [0.25, 0.3) is 0 Å². The predicted molar refractivity (Wildman–Crippen MR) is 114 cm³/mol. The topological polar surface area (TPSA) is 67.7 Å². The van der Waals surface area contributed by atoms with E-state index in [-0.39, 0.29) is 0 Å². The van der Waals surface area contributed by atoms with Crippen molar-refractivity contribution in [2.45, 2.75) is 51.2 Å². The van der Waals surface area contributed by atoms with E-state index < -0.39 is 0 Å². The van der Waals surface area contributed by atoms with Crippen LogP contribution in [0.1, 0.15) is 54.5 Å². The lowest BCUT2D eigenvalue weighted by atomic mass is 9.92. The first kappa shape index (κ1) is 19.7. The second-order valence-corrected chi connectivity index (χ2v) is 7.62. The van der Waals surface area contributed by atoms with E-state index in [1.165, 1.54) is 30.5 Å². The van der Waals surface area contributed by atoms with Crippen LogP contribution < -0.4 is 10.6 Å². The molecule has 0 radical (unpaired) electrons. The maximum Gasteiger partial charge on any atom is 0.123 e. The number of aryl methyl sites for hydroxylation is 1. The summed E-state index contributed by atoms with van der Waals surface area (Å²) >= 11 is 0. The summed E-state index contributed by atoms with van der Waals surface area (Å²) in [6.45, 7) is 3.58. The van der Waals surface area contributed by atoms with E-state index in [4.69, 9.17) is 0 Å². The smallest absolute Gasteiger partial charge is 0.123 e. The number of fused-ring (bicyclic) bond motifs is 1. The van der Waals surface area contributed by atoms with Gasteiger partial charge >= 0.3 is 0 Å². The average Bonchev–Trinajstić information content (AvgIpc) is 3.20. The van der Waals surface area contributed by atoms with Crippen molar-refractivity contribution in [3.8, 4) is 0 Å². The van der Waals surface area contributed by atoms with Crippen molar-refractivity contribution in [2.24, 2.45) is 0 Å². The van der Waals surface area contributed by atoms with Crippen molar-refractivity contribution in [1.29, 1.82) is 0 Å². The molecule has 0 saturated carbocycles. The van der Waals surface area contributed by atoms with E-state index in [0.717, 1.165) is 50.5 Å². The summed E-state index contributed by atoms with van der Waals surface area (Å²) in [5, 5.41) is 7.23. The Morgan fingerprint density at radius 2 is 1.90 bits per heavy atom. The molecule has 0 aromatic carbocycles. The Balaban J connectivity index is 1.14. The summed E-state index contributed by atoms with van der Waals surface area (Å²) in [5.74, 6) is 1.05. The molecule has 0 fully saturated rings. The van der Waals surface area contributed by atoms with Gasteiger partial charge < -0.3 is 15.2 Å². The Morgan fingerprint density at radius 3 is 2.83 bits per heavy atom. The Morgan fingerprint density at radius 1 is 0.966 bits per heavy atom. The third-order valence-corrected chi connectivity index (χ3v) is 5.51. The van der Waals surface area contributed by atoms with Crippen LogP contribution in [-0.4, -0.2) is 32.6 Å². The van der Waals surface area contributed by atoms with Crippen molar-refractivity contribution in [3.63, 3.8) is 0 Å². The van der Waals surface area contributed by atoms with E-state index in [9.17, 15) is 0 Å². The number of rotatable bonds is 10. The molecule has 0 bridgehead atoms. The van der Waals surface area contributed by atoms with Gasteiger partial charge in [-0.25, -0.2) is 4.98 Å². The highest BCUT2D eigenvalue weighted by Crippen LogP contribution is 2.27. The van der Waals surface area contributed by atoms with E-state index in [1.54, 1.807) is 0 Å². The fourth-order valence-corrected chi connectivity index (χ4v) is 3.98. The quantitative estimate of drug-likeness (QED) is 0.520. The SMILES string of the molecule is c1ccc(Cn2ccnc2CNCCCCNC2CCCc3cccnc32)nc1. The monoisotopic (exact) mass is 390 g/mol. The van der Waals surface area contributed by atoms with Crippen LogP contribution in [0.3, 0.4) is 0 Å². The zero-order valence-corrected chi connectivity index (χ0v) is 16.9. The molecule has 6 nitrogen and oxygen atoms in total. The summed E-state index contributed by atoms with van der Waals surface area (Å²) in [4.78, 5) is 13.5. The van der Waals surface area contributed by atoms with Gasteiger partial charge in [0.15, 0.2) is 0 Å². The summed E-state index contributed by atoms with van der Waals surface area (Å²) in [6.07, 6.45) is 13.6. The van der Waals surface area contributed by atoms with Crippen molar-refractivity contribution >= 4 is 0 Å². The molecule has 29 heavy (non-hydrogen) atoms. The maximum absolute atomic E-state index is 4.61. The summed E-state index contributed by atoms with van der Waals surface area (Å²) in [5.41, 5.74) is 3.73. The van der Waals surface area contributed by atoms with Crippen LogP contribution in [0, 0.1) is 0 Å². The number of unbranched alkanes of at least 4 members (excludes halogenated alkanes) is 1. The summed E-state index contributed by atoms with van der Waals surface area (Å²) < 4.78 is 2.16. The van der Waals surface area contributed by atoms with Crippen LogP contribution in [0.15, 0.2) is 55.1 Å². The molecule has 4 rings (SSSR count). The van der Waals surface area contributed by atoms with Gasteiger partial charge in [0.05, 0.1) is 24.5 Å². The lowest BCUT2D eigenvalue weighted by Gasteiger charge is -2.25. The maximum atomic E-state index is 4.61. The number of nitrogens with one attached hydrogen (secondary N) is 2. The standard InChI is InChI=1S/C23H30N6/c1-2-12-25-20(9-1)18-29-16-15-27-22(29)17-24-11-3-4-13-26-21-10-5-7-19-8-6-14-28-23(19)21/h1-2,6,8-9,12,14-16,21,24,26H,3-5,7,10-11,13,17-18H2. The van der Waals surface area contributed by atoms with Gasteiger partial charge in [-0.3, -0.25) is 9.97 Å². The number of hydrogen-bond donors (Lipinski definition) is 2. The predicted octanol–water partition coefficient (Wildman–Crippen LogP) is 3.26. The molecule has 0 saturated heterocycles. The highest BCUT2D eigenvalue weighted by Gasteiger charge is 2.20. The Hall–Kier alpha value is -2.57. The molecular weight excluding hydrogens is 360 g/mol. The molecule has 3 heterocycles. The van der Waals surface area contributed by atoms with E-state index in [0.29, 0.717) is 6.04 Å². The zero-order valence-electron chi connectivity index (χ0n) is 16.9. The van der Waals surface area contributed by atoms with Crippen LogP contribution in [0.25, 0.3) is 0 Å². The second kappa shape index (κ2) is 10.3. The molecule has 2 N–H and O–H groups in total. The molecule has 1 aliphatic rings. The van der Waals surface area contributed by atoms with Gasteiger partial charge in [-0.05, 0) is 69.0 Å². The van der Waals surface area contributed by atoms with Crippen molar-refractivity contribution in [2.75, 3.05) is 13.1 Å². The molecule has 0 amide bonds. The summed E-state index contributed by atoms with van der Waals surface area (Å²) in [7, 11) is 0. The minimum absolute atomic E-state index is 0.423. The minimum Gasteiger partial charge on any atom is -0.328 e. The van der Waals surface area contributed by atoms with Gasteiger partial charge in [-0.1, -0.05) is 12.1 Å². The molecular formula is C23H30N6. The number of nitrogens with zero attached hydrogens (tertiary/aromatic N) is 4. The third-order valence-electron chi connectivity index (χ3n) is 5.51. The average molecular weight is 391 g/mol. The number of pyridine rings is 2. The first-order valence-electron chi connectivity index (χ1n) is 10.7. The summed E-state index contributed by atoms with van der Waals surface area (Å²) in [6, 6.07) is 10.7. The zero-order chi connectivity index (χ0) is 19.7. The fourth-order valence-electron chi connectivity index (χ4n) is 3.98. The van der Waals surface area contributed by atoms with Gasteiger partial charge in [-0.2, -0.15) is 0 Å². The van der Waals surface area contributed by atoms with Crippen LogP contribution in [0.2, 0.25) is 0 Å². The third kappa shape index (κ3) is 5.49. The molecule has 1 unspecified atom stereocenters.